The van der Waals surface area contributed by atoms with E-state index in [9.17, 15) is 0 Å². The number of benzene rings is 1. The van der Waals surface area contributed by atoms with Gasteiger partial charge in [-0.05, 0) is 26.8 Å². The third kappa shape index (κ3) is 3.83. The van der Waals surface area contributed by atoms with Crippen LogP contribution in [0.2, 0.25) is 0 Å². The van der Waals surface area contributed by atoms with Crippen molar-refractivity contribution in [3.05, 3.63) is 29.3 Å². The van der Waals surface area contributed by atoms with Gasteiger partial charge >= 0.3 is 0 Å². The van der Waals surface area contributed by atoms with Gasteiger partial charge < -0.3 is 15.2 Å². The monoisotopic (exact) mass is 223 g/mol. The summed E-state index contributed by atoms with van der Waals surface area (Å²) < 4.78 is 10.9. The summed E-state index contributed by atoms with van der Waals surface area (Å²) in [5.41, 5.74) is 8.15. The largest absolute Gasteiger partial charge is 0.491 e. The molecule has 1 atom stereocenters. The van der Waals surface area contributed by atoms with Crippen LogP contribution < -0.4 is 10.5 Å². The maximum Gasteiger partial charge on any atom is 0.124 e. The molecular formula is C13H21NO2. The molecule has 1 rings (SSSR count). The summed E-state index contributed by atoms with van der Waals surface area (Å²) in [6.45, 7) is 7.89. The Morgan fingerprint density at radius 1 is 1.31 bits per heavy atom. The topological polar surface area (TPSA) is 44.5 Å². The Kier molecular flexibility index (Phi) is 5.29. The van der Waals surface area contributed by atoms with Gasteiger partial charge in [0.25, 0.3) is 0 Å². The Balaban J connectivity index is 2.64. The van der Waals surface area contributed by atoms with Gasteiger partial charge in [-0.25, -0.2) is 0 Å². The van der Waals surface area contributed by atoms with Gasteiger partial charge in [-0.2, -0.15) is 0 Å². The van der Waals surface area contributed by atoms with Crippen LogP contribution in [-0.4, -0.2) is 19.8 Å². The summed E-state index contributed by atoms with van der Waals surface area (Å²) in [5.74, 6) is 0.861. The lowest BCUT2D eigenvalue weighted by molar-refractivity contribution is 0.109. The van der Waals surface area contributed by atoms with Crippen LogP contribution in [0.15, 0.2) is 18.2 Å². The zero-order valence-electron chi connectivity index (χ0n) is 10.3. The predicted octanol–water partition coefficient (Wildman–Crippen LogP) is 2.43. The van der Waals surface area contributed by atoms with Crippen molar-refractivity contribution in [1.82, 2.24) is 0 Å². The summed E-state index contributed by atoms with van der Waals surface area (Å²) >= 11 is 0. The lowest BCUT2D eigenvalue weighted by atomic mass is 10.1. The molecule has 2 N–H and O–H groups in total. The van der Waals surface area contributed by atoms with Gasteiger partial charge in [-0.15, -0.1) is 0 Å². The van der Waals surface area contributed by atoms with Gasteiger partial charge in [0.15, 0.2) is 0 Å². The second kappa shape index (κ2) is 6.51. The molecule has 0 aromatic heterocycles. The maximum atomic E-state index is 5.90. The van der Waals surface area contributed by atoms with E-state index in [1.54, 1.807) is 0 Å². The van der Waals surface area contributed by atoms with Crippen LogP contribution >= 0.6 is 0 Å². The Labute approximate surface area is 97.6 Å². The number of hydrogen-bond acceptors (Lipinski definition) is 3. The number of ether oxygens (including phenoxy) is 2. The van der Waals surface area contributed by atoms with Crippen LogP contribution in [-0.2, 0) is 4.74 Å². The zero-order valence-corrected chi connectivity index (χ0v) is 10.3. The van der Waals surface area contributed by atoms with Crippen LogP contribution in [0.3, 0.4) is 0 Å². The van der Waals surface area contributed by atoms with Crippen molar-refractivity contribution < 1.29 is 9.47 Å². The quantitative estimate of drug-likeness (QED) is 0.753. The van der Waals surface area contributed by atoms with Crippen LogP contribution in [0.1, 0.15) is 31.0 Å². The molecule has 1 aromatic rings. The Morgan fingerprint density at radius 2 is 2.06 bits per heavy atom. The molecule has 0 unspecified atom stereocenters. The minimum atomic E-state index is -0.0120. The van der Waals surface area contributed by atoms with Crippen molar-refractivity contribution in [3.8, 4) is 5.75 Å². The van der Waals surface area contributed by atoms with Crippen LogP contribution in [0.5, 0.6) is 5.75 Å². The molecule has 1 aromatic carbocycles. The highest BCUT2D eigenvalue weighted by Crippen LogP contribution is 2.24. The lowest BCUT2D eigenvalue weighted by Crippen LogP contribution is -2.11. The van der Waals surface area contributed by atoms with Gasteiger partial charge in [-0.1, -0.05) is 17.7 Å². The highest BCUT2D eigenvalue weighted by molar-refractivity contribution is 5.38. The molecule has 0 aliphatic carbocycles. The molecule has 0 saturated carbocycles. The van der Waals surface area contributed by atoms with Gasteiger partial charge in [0.1, 0.15) is 12.4 Å². The van der Waals surface area contributed by atoms with Crippen molar-refractivity contribution in [2.24, 2.45) is 5.73 Å². The third-order valence-electron chi connectivity index (χ3n) is 2.35. The van der Waals surface area contributed by atoms with Crippen LogP contribution in [0.25, 0.3) is 0 Å². The normalized spacial score (nSPS) is 12.5. The highest BCUT2D eigenvalue weighted by Gasteiger charge is 2.08. The number of nitrogens with two attached hydrogens (primary N) is 1. The Morgan fingerprint density at radius 3 is 2.69 bits per heavy atom. The number of hydrogen-bond donors (Lipinski definition) is 1. The van der Waals surface area contributed by atoms with E-state index in [0.717, 1.165) is 17.9 Å². The van der Waals surface area contributed by atoms with Crippen molar-refractivity contribution >= 4 is 0 Å². The molecule has 16 heavy (non-hydrogen) atoms. The smallest absolute Gasteiger partial charge is 0.124 e. The van der Waals surface area contributed by atoms with E-state index in [1.807, 2.05) is 26.0 Å². The number of rotatable bonds is 6. The fraction of sp³-hybridized carbons (Fsp3) is 0.538. The first-order valence-electron chi connectivity index (χ1n) is 5.71. The fourth-order valence-electron chi connectivity index (χ4n) is 1.51. The molecule has 0 heterocycles. The molecule has 0 saturated heterocycles. The summed E-state index contributed by atoms with van der Waals surface area (Å²) in [4.78, 5) is 0. The van der Waals surface area contributed by atoms with Crippen LogP contribution in [0, 0.1) is 6.92 Å². The molecule has 3 heteroatoms. The van der Waals surface area contributed by atoms with Crippen molar-refractivity contribution in [3.63, 3.8) is 0 Å². The summed E-state index contributed by atoms with van der Waals surface area (Å²) in [7, 11) is 0. The van der Waals surface area contributed by atoms with E-state index in [4.69, 9.17) is 15.2 Å². The van der Waals surface area contributed by atoms with E-state index in [0.29, 0.717) is 13.2 Å². The molecule has 0 amide bonds. The molecule has 90 valence electrons. The fourth-order valence-corrected chi connectivity index (χ4v) is 1.51. The van der Waals surface area contributed by atoms with E-state index >= 15 is 0 Å². The second-order valence-corrected chi connectivity index (χ2v) is 3.88. The average molecular weight is 223 g/mol. The van der Waals surface area contributed by atoms with Crippen molar-refractivity contribution in [2.45, 2.75) is 26.8 Å². The molecule has 0 aliphatic rings. The number of aryl methyl sites for hydroxylation is 1. The molecule has 0 radical (unpaired) electrons. The first kappa shape index (κ1) is 13.0. The summed E-state index contributed by atoms with van der Waals surface area (Å²) in [6, 6.07) is 6.06. The lowest BCUT2D eigenvalue weighted by Gasteiger charge is -2.14. The van der Waals surface area contributed by atoms with Gasteiger partial charge in [0.05, 0.1) is 6.61 Å². The average Bonchev–Trinajstić information content (AvgIpc) is 2.26. The van der Waals surface area contributed by atoms with Crippen molar-refractivity contribution in [1.29, 1.82) is 0 Å². The summed E-state index contributed by atoms with van der Waals surface area (Å²) in [6.07, 6.45) is 0. The first-order chi connectivity index (χ1) is 7.65. The molecule has 0 fully saturated rings. The standard InChI is InChI=1S/C13H21NO2/c1-4-15-7-8-16-13-6-5-10(2)9-12(13)11(3)14/h5-6,9,11H,4,7-8,14H2,1-3H3/t11-/m0/s1. The molecule has 0 spiro atoms. The van der Waals surface area contributed by atoms with E-state index in [1.165, 1.54) is 5.56 Å². The van der Waals surface area contributed by atoms with E-state index in [-0.39, 0.29) is 6.04 Å². The minimum absolute atomic E-state index is 0.0120. The van der Waals surface area contributed by atoms with Gasteiger partial charge in [0.2, 0.25) is 0 Å². The first-order valence-corrected chi connectivity index (χ1v) is 5.71. The maximum absolute atomic E-state index is 5.90. The second-order valence-electron chi connectivity index (χ2n) is 3.88. The van der Waals surface area contributed by atoms with E-state index < -0.39 is 0 Å². The zero-order chi connectivity index (χ0) is 12.0. The predicted molar refractivity (Wildman–Crippen MR) is 65.8 cm³/mol. The highest BCUT2D eigenvalue weighted by atomic mass is 16.5. The van der Waals surface area contributed by atoms with Crippen molar-refractivity contribution in [2.75, 3.05) is 19.8 Å². The molecule has 0 aliphatic heterocycles. The minimum Gasteiger partial charge on any atom is -0.491 e. The Bertz CT molecular complexity index is 324. The van der Waals surface area contributed by atoms with Gasteiger partial charge in [0, 0.05) is 18.2 Å². The molecular weight excluding hydrogens is 202 g/mol. The molecule has 3 nitrogen and oxygen atoms in total. The van der Waals surface area contributed by atoms with E-state index in [2.05, 4.69) is 13.0 Å². The summed E-state index contributed by atoms with van der Waals surface area (Å²) in [5, 5.41) is 0. The SMILES string of the molecule is CCOCCOc1ccc(C)cc1[C@H](C)N. The van der Waals surface area contributed by atoms with Crippen LogP contribution in [0.4, 0.5) is 0 Å². The third-order valence-corrected chi connectivity index (χ3v) is 2.35. The molecule has 0 bridgehead atoms. The van der Waals surface area contributed by atoms with Gasteiger partial charge in [-0.3, -0.25) is 0 Å². The Hall–Kier alpha value is -1.06.